The van der Waals surface area contributed by atoms with Crippen LogP contribution in [0.5, 0.6) is 5.75 Å². The number of anilines is 2. The highest BCUT2D eigenvalue weighted by molar-refractivity contribution is 6.30. The van der Waals surface area contributed by atoms with E-state index in [2.05, 4.69) is 20.4 Å². The van der Waals surface area contributed by atoms with E-state index in [9.17, 15) is 15.0 Å². The highest BCUT2D eigenvalue weighted by Crippen LogP contribution is 2.31. The second-order valence-corrected chi connectivity index (χ2v) is 8.85. The molecule has 2 aliphatic rings. The third kappa shape index (κ3) is 7.07. The van der Waals surface area contributed by atoms with Crippen molar-refractivity contribution in [3.63, 3.8) is 0 Å². The van der Waals surface area contributed by atoms with Crippen LogP contribution in [0, 0.1) is 0 Å². The molecule has 0 spiro atoms. The number of hydrogen-bond acceptors (Lipinski definition) is 7. The molecular weight excluding hydrogens is 531 g/mol. The van der Waals surface area contributed by atoms with Crippen molar-refractivity contribution in [1.29, 1.82) is 0 Å². The summed E-state index contributed by atoms with van der Waals surface area (Å²) in [6, 6.07) is 14.0. The monoisotopic (exact) mass is 562 g/mol. The number of rotatable bonds is 7. The van der Waals surface area contributed by atoms with E-state index < -0.39 is 24.3 Å². The number of carbonyl (C=O) groups excluding carboxylic acids is 1. The van der Waals surface area contributed by atoms with Gasteiger partial charge in [0.05, 0.1) is 31.5 Å². The Morgan fingerprint density at radius 3 is 2.50 bits per heavy atom. The molecule has 0 unspecified atom stereocenters. The number of para-hydroxylation sites is 2. The second-order valence-electron chi connectivity index (χ2n) is 8.42. The van der Waals surface area contributed by atoms with Gasteiger partial charge in [0.25, 0.3) is 0 Å². The molecule has 12 heteroatoms. The van der Waals surface area contributed by atoms with E-state index in [0.29, 0.717) is 23.8 Å². The Hall–Kier alpha value is -1.98. The van der Waals surface area contributed by atoms with Gasteiger partial charge in [-0.05, 0) is 30.3 Å². The van der Waals surface area contributed by atoms with Crippen LogP contribution in [0.15, 0.2) is 48.5 Å². The first-order valence-corrected chi connectivity index (χ1v) is 11.7. The Morgan fingerprint density at radius 1 is 1.11 bits per heavy atom. The van der Waals surface area contributed by atoms with Crippen LogP contribution >= 0.6 is 36.4 Å². The smallest absolute Gasteiger partial charge is 0.319 e. The summed E-state index contributed by atoms with van der Waals surface area (Å²) in [6.45, 7) is 2.81. The zero-order valence-corrected chi connectivity index (χ0v) is 22.3. The van der Waals surface area contributed by atoms with Gasteiger partial charge in [-0.15, -0.1) is 24.8 Å². The number of urea groups is 1. The molecule has 0 bridgehead atoms. The zero-order valence-electron chi connectivity index (χ0n) is 19.9. The number of ether oxygens (including phenoxy) is 2. The number of carbonyl (C=O) groups is 1. The summed E-state index contributed by atoms with van der Waals surface area (Å²) in [5.74, 6) is 0.827. The number of methoxy groups -OCH3 is 1. The summed E-state index contributed by atoms with van der Waals surface area (Å²) in [6.07, 6.45) is -2.01. The van der Waals surface area contributed by atoms with Gasteiger partial charge in [0, 0.05) is 43.4 Å². The minimum Gasteiger partial charge on any atom is -0.495 e. The van der Waals surface area contributed by atoms with Gasteiger partial charge in [0.15, 0.2) is 0 Å². The van der Waals surface area contributed by atoms with Crippen LogP contribution in [0.2, 0.25) is 5.02 Å². The Kier molecular flexibility index (Phi) is 11.8. The molecule has 2 heterocycles. The number of piperazine rings is 1. The normalized spacial score (nSPS) is 23.8. The molecule has 0 radical (unpaired) electrons. The molecule has 4 N–H and O–H groups in total. The molecule has 0 aromatic heterocycles. The lowest BCUT2D eigenvalue weighted by Gasteiger charge is -2.41. The van der Waals surface area contributed by atoms with E-state index in [1.165, 1.54) is 0 Å². The Bertz CT molecular complexity index is 980. The molecule has 200 valence electrons. The fourth-order valence-electron chi connectivity index (χ4n) is 4.68. The molecule has 2 aliphatic heterocycles. The van der Waals surface area contributed by atoms with Gasteiger partial charge in [-0.25, -0.2) is 4.79 Å². The first-order valence-electron chi connectivity index (χ1n) is 11.4. The molecule has 9 nitrogen and oxygen atoms in total. The minimum atomic E-state index is -0.856. The largest absolute Gasteiger partial charge is 0.495 e. The van der Waals surface area contributed by atoms with Crippen molar-refractivity contribution in [3.05, 3.63) is 53.6 Å². The molecule has 2 saturated heterocycles. The van der Waals surface area contributed by atoms with Crippen LogP contribution in [0.25, 0.3) is 0 Å². The van der Waals surface area contributed by atoms with Crippen LogP contribution in [-0.2, 0) is 4.74 Å². The second kappa shape index (κ2) is 14.1. The van der Waals surface area contributed by atoms with Gasteiger partial charge in [-0.1, -0.05) is 29.8 Å². The van der Waals surface area contributed by atoms with Crippen molar-refractivity contribution in [1.82, 2.24) is 10.2 Å². The van der Waals surface area contributed by atoms with Crippen LogP contribution in [0.3, 0.4) is 0 Å². The highest BCUT2D eigenvalue weighted by Gasteiger charge is 2.46. The van der Waals surface area contributed by atoms with Crippen molar-refractivity contribution >= 4 is 53.8 Å². The number of hydrogen-bond donors (Lipinski definition) is 4. The standard InChI is InChI=1S/C24H31ClN4O5.2ClH/c1-33-19-8-3-2-7-18(19)28-9-11-29(12-10-28)22-20(34-21(15-30)23(22)31)14-26-24(32)27-17-6-4-5-16(25)13-17;;/h2-8,13,20-23,30-31H,9-12,14-15H2,1H3,(H2,26,27,32);2*1H/t20-,21+,22+,23-;;/m1../s1. The molecule has 0 saturated carbocycles. The SMILES string of the molecule is COc1ccccc1N1CCN([C@@H]2[C@H](O)[C@H](CO)O[C@@H]2CNC(=O)Nc2cccc(Cl)c2)CC1.Cl.Cl. The number of aliphatic hydroxyl groups is 2. The van der Waals surface area contributed by atoms with E-state index in [0.717, 1.165) is 24.5 Å². The number of nitrogens with one attached hydrogen (secondary N) is 2. The summed E-state index contributed by atoms with van der Waals surface area (Å²) in [4.78, 5) is 16.8. The third-order valence-electron chi connectivity index (χ3n) is 6.35. The highest BCUT2D eigenvalue weighted by atomic mass is 35.5. The van der Waals surface area contributed by atoms with Crippen LogP contribution in [0.1, 0.15) is 0 Å². The molecule has 4 rings (SSSR count). The lowest BCUT2D eigenvalue weighted by Crippen LogP contribution is -2.57. The van der Waals surface area contributed by atoms with Gasteiger partial charge in [0.2, 0.25) is 0 Å². The first-order chi connectivity index (χ1) is 16.5. The van der Waals surface area contributed by atoms with Gasteiger partial charge >= 0.3 is 6.03 Å². The summed E-state index contributed by atoms with van der Waals surface area (Å²) >= 11 is 5.97. The van der Waals surface area contributed by atoms with Gasteiger partial charge in [0.1, 0.15) is 18.0 Å². The average Bonchev–Trinajstić information content (AvgIpc) is 3.18. The van der Waals surface area contributed by atoms with Crippen LogP contribution < -0.4 is 20.3 Å². The predicted octanol–water partition coefficient (Wildman–Crippen LogP) is 2.63. The molecule has 2 aromatic rings. The van der Waals surface area contributed by atoms with Gasteiger partial charge in [-0.2, -0.15) is 0 Å². The van der Waals surface area contributed by atoms with E-state index in [1.54, 1.807) is 31.4 Å². The van der Waals surface area contributed by atoms with Gasteiger partial charge in [-0.3, -0.25) is 4.90 Å². The summed E-state index contributed by atoms with van der Waals surface area (Å²) in [5, 5.41) is 26.6. The molecule has 0 aliphatic carbocycles. The summed E-state index contributed by atoms with van der Waals surface area (Å²) < 4.78 is 11.4. The van der Waals surface area contributed by atoms with E-state index in [4.69, 9.17) is 21.1 Å². The first kappa shape index (κ1) is 30.2. The lowest BCUT2D eigenvalue weighted by atomic mass is 10.0. The summed E-state index contributed by atoms with van der Waals surface area (Å²) in [5.41, 5.74) is 1.62. The molecule has 2 aromatic carbocycles. The van der Waals surface area contributed by atoms with Gasteiger partial charge < -0.3 is 35.2 Å². The Labute approximate surface area is 228 Å². The third-order valence-corrected chi connectivity index (χ3v) is 6.58. The number of aliphatic hydroxyl groups excluding tert-OH is 2. The number of amides is 2. The van der Waals surface area contributed by atoms with Crippen molar-refractivity contribution in [2.75, 3.05) is 56.7 Å². The number of halogens is 3. The van der Waals surface area contributed by atoms with E-state index in [1.807, 2.05) is 24.3 Å². The molecule has 2 fully saturated rings. The van der Waals surface area contributed by atoms with E-state index in [-0.39, 0.29) is 44.0 Å². The number of nitrogens with zero attached hydrogens (tertiary/aromatic N) is 2. The quantitative estimate of drug-likeness (QED) is 0.410. The van der Waals surface area contributed by atoms with E-state index >= 15 is 0 Å². The van der Waals surface area contributed by atoms with Crippen molar-refractivity contribution in [2.45, 2.75) is 24.4 Å². The van der Waals surface area contributed by atoms with Crippen molar-refractivity contribution in [3.8, 4) is 5.75 Å². The lowest BCUT2D eigenvalue weighted by molar-refractivity contribution is -0.0205. The van der Waals surface area contributed by atoms with Crippen molar-refractivity contribution in [2.24, 2.45) is 0 Å². The topological polar surface area (TPSA) is 107 Å². The zero-order chi connectivity index (χ0) is 24.1. The fraction of sp³-hybridized carbons (Fsp3) is 0.458. The summed E-state index contributed by atoms with van der Waals surface area (Å²) in [7, 11) is 1.66. The maximum atomic E-state index is 12.4. The van der Waals surface area contributed by atoms with Crippen LogP contribution in [0.4, 0.5) is 16.2 Å². The Morgan fingerprint density at radius 2 is 1.83 bits per heavy atom. The predicted molar refractivity (Wildman–Crippen MR) is 145 cm³/mol. The molecular formula is C24H33Cl3N4O5. The maximum absolute atomic E-state index is 12.4. The molecule has 36 heavy (non-hydrogen) atoms. The molecule has 4 atom stereocenters. The van der Waals surface area contributed by atoms with Crippen molar-refractivity contribution < 1.29 is 24.5 Å². The average molecular weight is 564 g/mol. The fourth-order valence-corrected chi connectivity index (χ4v) is 4.87. The molecule has 2 amide bonds. The minimum absolute atomic E-state index is 0. The Balaban J connectivity index is 0.00000228. The maximum Gasteiger partial charge on any atom is 0.319 e. The number of benzene rings is 2. The van der Waals surface area contributed by atoms with Crippen LogP contribution in [-0.4, -0.2) is 91.9 Å².